The van der Waals surface area contributed by atoms with Crippen molar-refractivity contribution in [1.82, 2.24) is 19.6 Å². The van der Waals surface area contributed by atoms with Gasteiger partial charge in [0.25, 0.3) is 0 Å². The van der Waals surface area contributed by atoms with Crippen LogP contribution in [0.1, 0.15) is 13.3 Å². The number of nitrogens with zero attached hydrogens (tertiary/aromatic N) is 4. The Balaban J connectivity index is 2.00. The zero-order chi connectivity index (χ0) is 20.0. The van der Waals surface area contributed by atoms with E-state index in [4.69, 9.17) is 4.84 Å². The van der Waals surface area contributed by atoms with Crippen molar-refractivity contribution in [3.05, 3.63) is 35.2 Å². The molecule has 0 aromatic carbocycles. The van der Waals surface area contributed by atoms with Crippen molar-refractivity contribution in [2.45, 2.75) is 25.6 Å². The van der Waals surface area contributed by atoms with Crippen LogP contribution in [0, 0.1) is 0 Å². The van der Waals surface area contributed by atoms with Gasteiger partial charge < -0.3 is 9.80 Å². The Kier molecular flexibility index (Phi) is 4.99. The molecule has 12 heteroatoms. The van der Waals surface area contributed by atoms with Crippen LogP contribution in [0.3, 0.4) is 0 Å². The third-order valence-corrected chi connectivity index (χ3v) is 4.92. The molecule has 0 spiro atoms. The van der Waals surface area contributed by atoms with Crippen molar-refractivity contribution in [3.8, 4) is 0 Å². The molecule has 0 radical (unpaired) electrons. The molecule has 0 aromatic heterocycles. The molecule has 0 aromatic rings. The van der Waals surface area contributed by atoms with Gasteiger partial charge in [-0.05, 0) is 12.5 Å². The van der Waals surface area contributed by atoms with Gasteiger partial charge in [-0.1, -0.05) is 0 Å². The van der Waals surface area contributed by atoms with E-state index in [2.05, 4.69) is 9.71 Å². The topological polar surface area (TPSA) is 77.5 Å². The van der Waals surface area contributed by atoms with Gasteiger partial charge >= 0.3 is 6.18 Å². The molecule has 150 valence electrons. The number of hydrogen-bond acceptors (Lipinski definition) is 7. The van der Waals surface area contributed by atoms with E-state index in [0.717, 1.165) is 6.26 Å². The van der Waals surface area contributed by atoms with E-state index in [9.17, 15) is 21.6 Å². The average molecular weight is 407 g/mol. The summed E-state index contributed by atoms with van der Waals surface area (Å²) < 4.78 is 64.3. The smallest absolute Gasteiger partial charge is 0.332 e. The summed E-state index contributed by atoms with van der Waals surface area (Å²) in [5.74, 6) is 0.402. The lowest BCUT2D eigenvalue weighted by molar-refractivity contribution is -0.136. The van der Waals surface area contributed by atoms with Crippen LogP contribution < -0.4 is 4.72 Å². The van der Waals surface area contributed by atoms with E-state index in [-0.39, 0.29) is 13.2 Å². The Morgan fingerprint density at radius 3 is 2.67 bits per heavy atom. The van der Waals surface area contributed by atoms with Gasteiger partial charge in [-0.15, -0.1) is 0 Å². The van der Waals surface area contributed by atoms with Gasteiger partial charge in [-0.25, -0.2) is 18.2 Å². The van der Waals surface area contributed by atoms with Gasteiger partial charge in [0.15, 0.2) is 0 Å². The minimum absolute atomic E-state index is 0.248. The maximum Gasteiger partial charge on any atom is 0.390 e. The summed E-state index contributed by atoms with van der Waals surface area (Å²) in [5.41, 5.74) is 1.53. The van der Waals surface area contributed by atoms with E-state index in [1.165, 1.54) is 29.5 Å². The minimum atomic E-state index is -4.31. The average Bonchev–Trinajstić information content (AvgIpc) is 2.97. The summed E-state index contributed by atoms with van der Waals surface area (Å²) in [4.78, 5) is 12.7. The summed E-state index contributed by atoms with van der Waals surface area (Å²) in [5, 5.41) is 1.50. The molecule has 0 aliphatic carbocycles. The van der Waals surface area contributed by atoms with Crippen molar-refractivity contribution in [2.75, 3.05) is 26.6 Å². The fourth-order valence-electron chi connectivity index (χ4n) is 3.10. The molecular formula is C15H20F3N5O3S. The van der Waals surface area contributed by atoms with E-state index in [1.54, 1.807) is 18.0 Å². The molecule has 1 unspecified atom stereocenters. The Morgan fingerprint density at radius 2 is 2.07 bits per heavy atom. The van der Waals surface area contributed by atoms with Crippen LogP contribution in [0.2, 0.25) is 0 Å². The Hall–Kier alpha value is -2.05. The summed E-state index contributed by atoms with van der Waals surface area (Å²) >= 11 is 0. The second-order valence-corrected chi connectivity index (χ2v) is 8.22. The van der Waals surface area contributed by atoms with Crippen molar-refractivity contribution in [2.24, 2.45) is 4.99 Å². The first-order valence-corrected chi connectivity index (χ1v) is 9.95. The fourth-order valence-corrected chi connectivity index (χ4v) is 3.82. The molecule has 1 atom stereocenters. The quantitative estimate of drug-likeness (QED) is 0.741. The lowest BCUT2D eigenvalue weighted by atomic mass is 10.0. The predicted octanol–water partition coefficient (Wildman–Crippen LogP) is 1.31. The summed E-state index contributed by atoms with van der Waals surface area (Å²) in [6, 6.07) is -0.758. The maximum absolute atomic E-state index is 12.8. The van der Waals surface area contributed by atoms with E-state index < -0.39 is 28.7 Å². The first kappa shape index (κ1) is 19.7. The minimum Gasteiger partial charge on any atom is -0.332 e. The summed E-state index contributed by atoms with van der Waals surface area (Å²) in [6.07, 6.45) is 0.430. The molecule has 27 heavy (non-hydrogen) atoms. The van der Waals surface area contributed by atoms with Crippen LogP contribution in [-0.2, 0) is 14.9 Å². The lowest BCUT2D eigenvalue weighted by Crippen LogP contribution is -2.46. The van der Waals surface area contributed by atoms with Crippen molar-refractivity contribution < 1.29 is 26.4 Å². The zero-order valence-electron chi connectivity index (χ0n) is 15.0. The first-order valence-electron chi connectivity index (χ1n) is 8.06. The van der Waals surface area contributed by atoms with Gasteiger partial charge in [0.1, 0.15) is 18.2 Å². The Bertz CT molecular complexity index is 847. The molecule has 0 fully saturated rings. The highest BCUT2D eigenvalue weighted by Gasteiger charge is 2.39. The Labute approximate surface area is 155 Å². The largest absolute Gasteiger partial charge is 0.390 e. The molecule has 8 nitrogen and oxygen atoms in total. The van der Waals surface area contributed by atoms with Crippen LogP contribution in [0.5, 0.6) is 0 Å². The van der Waals surface area contributed by atoms with Crippen LogP contribution in [-0.4, -0.2) is 68.3 Å². The van der Waals surface area contributed by atoms with Crippen molar-refractivity contribution in [3.63, 3.8) is 0 Å². The van der Waals surface area contributed by atoms with Crippen LogP contribution in [0.25, 0.3) is 0 Å². The third-order valence-electron chi connectivity index (χ3n) is 4.25. The molecule has 3 heterocycles. The highest BCUT2D eigenvalue weighted by atomic mass is 32.2. The number of alkyl halides is 3. The standard InChI is InChI=1S/C15H20F3N5O3S/c1-10-7-21(5-4-15(16,17)18)14-13(12(10)20-27(3,24)25)19-6-11-8-22(26-2)9-23(11)14/h6-8,12,20H,4-5,9H2,1-3H3. The van der Waals surface area contributed by atoms with Crippen molar-refractivity contribution in [1.29, 1.82) is 0 Å². The predicted molar refractivity (Wildman–Crippen MR) is 92.1 cm³/mol. The van der Waals surface area contributed by atoms with Gasteiger partial charge in [0, 0.05) is 12.7 Å². The number of nitrogens with one attached hydrogen (secondary N) is 1. The van der Waals surface area contributed by atoms with Gasteiger partial charge in [-0.2, -0.15) is 13.2 Å². The second kappa shape index (κ2) is 6.84. The molecular weight excluding hydrogens is 387 g/mol. The van der Waals surface area contributed by atoms with Crippen LogP contribution in [0.15, 0.2) is 40.2 Å². The lowest BCUT2D eigenvalue weighted by Gasteiger charge is -2.40. The first-order chi connectivity index (χ1) is 12.5. The van der Waals surface area contributed by atoms with Crippen LogP contribution in [0.4, 0.5) is 13.2 Å². The summed E-state index contributed by atoms with van der Waals surface area (Å²) in [6.45, 7) is 1.59. The molecule has 3 aliphatic rings. The SMILES string of the molecule is CON1C=C2C=NC3=C(N(CCC(F)(F)F)C=C(C)C3NS(C)(=O)=O)N2C1. The fraction of sp³-hybridized carbons (Fsp3) is 0.533. The molecule has 0 amide bonds. The second-order valence-electron chi connectivity index (χ2n) is 6.44. The maximum atomic E-state index is 12.8. The number of allylic oxidation sites excluding steroid dienone is 1. The normalized spacial score (nSPS) is 22.7. The third kappa shape index (κ3) is 4.28. The number of rotatable bonds is 5. The monoisotopic (exact) mass is 407 g/mol. The van der Waals surface area contributed by atoms with E-state index in [0.29, 0.717) is 22.8 Å². The molecule has 0 bridgehead atoms. The number of hydrogen-bond donors (Lipinski definition) is 1. The Morgan fingerprint density at radius 1 is 1.37 bits per heavy atom. The summed E-state index contributed by atoms with van der Waals surface area (Å²) in [7, 11) is -2.09. The number of sulfonamides is 1. The highest BCUT2D eigenvalue weighted by molar-refractivity contribution is 7.88. The van der Waals surface area contributed by atoms with Gasteiger partial charge in [0.05, 0.1) is 43.9 Å². The highest BCUT2D eigenvalue weighted by Crippen LogP contribution is 2.36. The zero-order valence-corrected chi connectivity index (χ0v) is 15.8. The molecule has 0 saturated carbocycles. The van der Waals surface area contributed by atoms with Crippen molar-refractivity contribution >= 4 is 16.2 Å². The van der Waals surface area contributed by atoms with Gasteiger partial charge in [0.2, 0.25) is 10.0 Å². The van der Waals surface area contributed by atoms with Gasteiger partial charge in [-0.3, -0.25) is 9.83 Å². The number of hydroxylamine groups is 2. The number of fused-ring (bicyclic) bond motifs is 2. The number of halogens is 3. The molecule has 3 rings (SSSR count). The molecule has 3 aliphatic heterocycles. The van der Waals surface area contributed by atoms with E-state index >= 15 is 0 Å². The van der Waals surface area contributed by atoms with E-state index in [1.807, 2.05) is 0 Å². The number of aliphatic imine (C=N–C) groups is 1. The van der Waals surface area contributed by atoms with Crippen LogP contribution >= 0.6 is 0 Å². The molecule has 0 saturated heterocycles. The molecule has 1 N–H and O–H groups in total.